The summed E-state index contributed by atoms with van der Waals surface area (Å²) in [6.45, 7) is 0. The second-order valence-corrected chi connectivity index (χ2v) is 8.44. The molecule has 0 saturated carbocycles. The number of nitrogens with zero attached hydrogens (tertiary/aromatic N) is 1. The topological polar surface area (TPSA) is 4.93 Å². The molecular weight excluding hydrogens is 410 g/mol. The van der Waals surface area contributed by atoms with Gasteiger partial charge in [-0.2, -0.15) is 0 Å². The molecule has 0 unspecified atom stereocenters. The molecule has 0 aliphatic heterocycles. The lowest BCUT2D eigenvalue weighted by molar-refractivity contribution is 1.18. The first-order chi connectivity index (χ1) is 15.8. The summed E-state index contributed by atoms with van der Waals surface area (Å²) in [6, 6.07) is 42.7. The van der Waals surface area contributed by atoms with E-state index in [0.29, 0.717) is 0 Å². The van der Waals surface area contributed by atoms with E-state index in [0.717, 1.165) is 16.3 Å². The van der Waals surface area contributed by atoms with Crippen molar-refractivity contribution in [1.82, 2.24) is 4.57 Å². The minimum atomic E-state index is 0.754. The van der Waals surface area contributed by atoms with E-state index >= 15 is 0 Å². The van der Waals surface area contributed by atoms with Gasteiger partial charge in [0.05, 0.1) is 11.0 Å². The molecule has 0 bridgehead atoms. The van der Waals surface area contributed by atoms with Gasteiger partial charge in [0, 0.05) is 21.5 Å². The predicted molar refractivity (Wildman–Crippen MR) is 137 cm³/mol. The number of hydrogen-bond acceptors (Lipinski definition) is 0. The zero-order chi connectivity index (χ0) is 21.5. The molecular formula is C30H20ClN. The average molecular weight is 430 g/mol. The summed E-state index contributed by atoms with van der Waals surface area (Å²) >= 11 is 6.07. The summed E-state index contributed by atoms with van der Waals surface area (Å²) in [6.07, 6.45) is 0. The Kier molecular flexibility index (Phi) is 4.56. The van der Waals surface area contributed by atoms with Crippen molar-refractivity contribution in [3.63, 3.8) is 0 Å². The molecule has 32 heavy (non-hydrogen) atoms. The Morgan fingerprint density at radius 2 is 0.969 bits per heavy atom. The number of rotatable bonds is 3. The maximum absolute atomic E-state index is 6.07. The molecule has 5 aromatic carbocycles. The lowest BCUT2D eigenvalue weighted by Crippen LogP contribution is -1.94. The lowest BCUT2D eigenvalue weighted by atomic mass is 9.99. The van der Waals surface area contributed by atoms with Crippen molar-refractivity contribution in [2.75, 3.05) is 0 Å². The molecule has 1 nitrogen and oxygen atoms in total. The first-order valence-electron chi connectivity index (χ1n) is 10.7. The van der Waals surface area contributed by atoms with E-state index in [1.54, 1.807) is 0 Å². The molecule has 6 rings (SSSR count). The lowest BCUT2D eigenvalue weighted by Gasteiger charge is -2.11. The predicted octanol–water partition coefficient (Wildman–Crippen LogP) is 8.77. The Balaban J connectivity index is 1.50. The Bertz CT molecular complexity index is 1520. The fourth-order valence-electron chi connectivity index (χ4n) is 4.55. The molecule has 0 radical (unpaired) electrons. The summed E-state index contributed by atoms with van der Waals surface area (Å²) < 4.78 is 2.36. The second kappa shape index (κ2) is 7.71. The number of halogens is 1. The molecule has 0 fully saturated rings. The van der Waals surface area contributed by atoms with Crippen molar-refractivity contribution in [1.29, 1.82) is 0 Å². The number of para-hydroxylation sites is 2. The Hall–Kier alpha value is -3.81. The normalized spacial score (nSPS) is 11.3. The average Bonchev–Trinajstić information content (AvgIpc) is 3.19. The van der Waals surface area contributed by atoms with Crippen molar-refractivity contribution >= 4 is 33.4 Å². The molecule has 0 N–H and O–H groups in total. The highest BCUT2D eigenvalue weighted by molar-refractivity contribution is 6.30. The number of fused-ring (bicyclic) bond motifs is 3. The maximum atomic E-state index is 6.07. The van der Waals surface area contributed by atoms with Crippen LogP contribution in [0.3, 0.4) is 0 Å². The van der Waals surface area contributed by atoms with Crippen LogP contribution in [0.1, 0.15) is 0 Å². The van der Waals surface area contributed by atoms with Crippen molar-refractivity contribution in [3.05, 3.63) is 126 Å². The molecule has 0 spiro atoms. The Morgan fingerprint density at radius 1 is 0.438 bits per heavy atom. The summed E-state index contributed by atoms with van der Waals surface area (Å²) in [5, 5.41) is 3.31. The zero-order valence-corrected chi connectivity index (χ0v) is 18.1. The van der Waals surface area contributed by atoms with Crippen molar-refractivity contribution in [2.24, 2.45) is 0 Å². The van der Waals surface area contributed by atoms with Crippen LogP contribution in [-0.2, 0) is 0 Å². The van der Waals surface area contributed by atoms with E-state index in [1.807, 2.05) is 12.1 Å². The van der Waals surface area contributed by atoms with Crippen LogP contribution in [0.2, 0.25) is 5.02 Å². The van der Waals surface area contributed by atoms with E-state index < -0.39 is 0 Å². The highest BCUT2D eigenvalue weighted by atomic mass is 35.5. The van der Waals surface area contributed by atoms with E-state index in [9.17, 15) is 0 Å². The summed E-state index contributed by atoms with van der Waals surface area (Å²) in [4.78, 5) is 0. The molecule has 0 aliphatic rings. The van der Waals surface area contributed by atoms with Gasteiger partial charge in [0.25, 0.3) is 0 Å². The third-order valence-corrected chi connectivity index (χ3v) is 6.31. The largest absolute Gasteiger partial charge is 0.309 e. The van der Waals surface area contributed by atoms with E-state index in [2.05, 4.69) is 114 Å². The van der Waals surface area contributed by atoms with Crippen LogP contribution in [0, 0.1) is 0 Å². The van der Waals surface area contributed by atoms with Crippen LogP contribution in [-0.4, -0.2) is 4.57 Å². The zero-order valence-electron chi connectivity index (χ0n) is 17.4. The molecule has 152 valence electrons. The van der Waals surface area contributed by atoms with Crippen molar-refractivity contribution in [2.45, 2.75) is 0 Å². The molecule has 0 atom stereocenters. The van der Waals surface area contributed by atoms with E-state index in [-0.39, 0.29) is 0 Å². The van der Waals surface area contributed by atoms with Gasteiger partial charge in [-0.15, -0.1) is 0 Å². The van der Waals surface area contributed by atoms with Crippen LogP contribution >= 0.6 is 11.6 Å². The maximum Gasteiger partial charge on any atom is 0.0541 e. The first-order valence-corrected chi connectivity index (χ1v) is 11.1. The third kappa shape index (κ3) is 3.19. The van der Waals surface area contributed by atoms with Gasteiger partial charge in [0.2, 0.25) is 0 Å². The quantitative estimate of drug-likeness (QED) is 0.265. The monoisotopic (exact) mass is 429 g/mol. The summed E-state index contributed by atoms with van der Waals surface area (Å²) in [7, 11) is 0. The molecule has 1 aromatic heterocycles. The highest BCUT2D eigenvalue weighted by Gasteiger charge is 2.12. The third-order valence-electron chi connectivity index (χ3n) is 6.06. The number of benzene rings is 5. The van der Waals surface area contributed by atoms with Gasteiger partial charge in [-0.25, -0.2) is 0 Å². The molecule has 6 aromatic rings. The van der Waals surface area contributed by atoms with E-state index in [4.69, 9.17) is 11.6 Å². The first kappa shape index (κ1) is 18.9. The van der Waals surface area contributed by atoms with Gasteiger partial charge in [-0.1, -0.05) is 90.5 Å². The molecule has 2 heteroatoms. The molecule has 0 aliphatic carbocycles. The van der Waals surface area contributed by atoms with Gasteiger partial charge < -0.3 is 4.57 Å². The minimum absolute atomic E-state index is 0.754. The summed E-state index contributed by atoms with van der Waals surface area (Å²) in [5.41, 5.74) is 8.34. The standard InChI is InChI=1S/C30H20ClN/c31-25-17-15-21(16-18-25)22-7-5-8-23(19-22)24-9-6-10-26(20-24)32-29-13-3-1-11-27(29)28-12-2-4-14-30(28)32/h1-20H. The van der Waals surface area contributed by atoms with Gasteiger partial charge in [-0.3, -0.25) is 0 Å². The van der Waals surface area contributed by atoms with Gasteiger partial charge in [-0.05, 0) is 64.7 Å². The number of aromatic nitrogens is 1. The summed E-state index contributed by atoms with van der Waals surface area (Å²) in [5.74, 6) is 0. The van der Waals surface area contributed by atoms with Crippen LogP contribution in [0.25, 0.3) is 49.7 Å². The fourth-order valence-corrected chi connectivity index (χ4v) is 4.67. The molecule has 0 amide bonds. The van der Waals surface area contributed by atoms with Gasteiger partial charge >= 0.3 is 0 Å². The second-order valence-electron chi connectivity index (χ2n) is 8.01. The van der Waals surface area contributed by atoms with Crippen LogP contribution in [0.5, 0.6) is 0 Å². The van der Waals surface area contributed by atoms with Gasteiger partial charge in [0.1, 0.15) is 0 Å². The SMILES string of the molecule is Clc1ccc(-c2cccc(-c3cccc(-n4c5ccccc5c5ccccc54)c3)c2)cc1. The molecule has 1 heterocycles. The van der Waals surface area contributed by atoms with Crippen LogP contribution < -0.4 is 0 Å². The van der Waals surface area contributed by atoms with Crippen LogP contribution in [0.15, 0.2) is 121 Å². The fraction of sp³-hybridized carbons (Fsp3) is 0. The minimum Gasteiger partial charge on any atom is -0.309 e. The molecule has 0 saturated heterocycles. The smallest absolute Gasteiger partial charge is 0.0541 e. The Labute approximate surface area is 192 Å². The van der Waals surface area contributed by atoms with Gasteiger partial charge in [0.15, 0.2) is 0 Å². The Morgan fingerprint density at radius 3 is 1.62 bits per heavy atom. The van der Waals surface area contributed by atoms with Crippen molar-refractivity contribution in [3.8, 4) is 27.9 Å². The van der Waals surface area contributed by atoms with E-state index in [1.165, 1.54) is 38.5 Å². The highest BCUT2D eigenvalue weighted by Crippen LogP contribution is 2.34. The van der Waals surface area contributed by atoms with Crippen LogP contribution in [0.4, 0.5) is 0 Å². The number of hydrogen-bond donors (Lipinski definition) is 0. The van der Waals surface area contributed by atoms with Crippen molar-refractivity contribution < 1.29 is 0 Å².